The van der Waals surface area contributed by atoms with Crippen molar-refractivity contribution in [2.24, 2.45) is 5.11 Å². The molecule has 0 aromatic rings. The molecule has 0 aliphatic heterocycles. The van der Waals surface area contributed by atoms with Crippen molar-refractivity contribution in [2.75, 3.05) is 13.8 Å². The highest BCUT2D eigenvalue weighted by Gasteiger charge is 2.35. The molecule has 1 N–H and O–H groups in total. The SMILES string of the molecule is COC(=O)C(OBF)C(O)C(=O)OCN=[N+]=[N-]. The van der Waals surface area contributed by atoms with Crippen molar-refractivity contribution >= 4 is 19.7 Å². The monoisotopic (exact) mass is 249 g/mol. The predicted molar refractivity (Wildman–Crippen MR) is 51.3 cm³/mol. The Bertz CT molecular complexity index is 323. The molecule has 0 fully saturated rings. The topological polar surface area (TPSA) is 131 Å². The maximum Gasteiger partial charge on any atom is 0.482 e. The third-order valence-electron chi connectivity index (χ3n) is 1.53. The summed E-state index contributed by atoms with van der Waals surface area (Å²) >= 11 is 0. The summed E-state index contributed by atoms with van der Waals surface area (Å²) in [5.74, 6) is -2.45. The fraction of sp³-hybridized carbons (Fsp3) is 0.667. The van der Waals surface area contributed by atoms with E-state index in [1.165, 1.54) is 0 Å². The Morgan fingerprint density at radius 3 is 2.71 bits per heavy atom. The molecule has 0 heterocycles. The van der Waals surface area contributed by atoms with Gasteiger partial charge in [0.1, 0.15) is 0 Å². The Kier molecular flexibility index (Phi) is 7.43. The van der Waals surface area contributed by atoms with E-state index < -0.39 is 38.6 Å². The van der Waals surface area contributed by atoms with E-state index in [1.54, 1.807) is 0 Å². The Balaban J connectivity index is 4.48. The van der Waals surface area contributed by atoms with Crippen LogP contribution in [-0.2, 0) is 23.7 Å². The molecular formula is C6H9BFN3O6. The average Bonchev–Trinajstić information content (AvgIpc) is 2.34. The number of hydrogen-bond acceptors (Lipinski definition) is 7. The zero-order chi connectivity index (χ0) is 13.3. The molecule has 2 unspecified atom stereocenters. The fourth-order valence-electron chi connectivity index (χ4n) is 0.799. The van der Waals surface area contributed by atoms with Crippen LogP contribution in [-0.4, -0.2) is 50.9 Å². The molecule has 0 amide bonds. The van der Waals surface area contributed by atoms with E-state index in [2.05, 4.69) is 24.2 Å². The highest BCUT2D eigenvalue weighted by molar-refractivity contribution is 6.17. The van der Waals surface area contributed by atoms with E-state index >= 15 is 0 Å². The lowest BCUT2D eigenvalue weighted by atomic mass is 10.2. The van der Waals surface area contributed by atoms with Gasteiger partial charge in [-0.15, -0.1) is 0 Å². The van der Waals surface area contributed by atoms with Gasteiger partial charge in [0.05, 0.1) is 7.11 Å². The van der Waals surface area contributed by atoms with E-state index in [1.807, 2.05) is 0 Å². The smallest absolute Gasteiger partial charge is 0.467 e. The maximum atomic E-state index is 11.9. The van der Waals surface area contributed by atoms with Crippen molar-refractivity contribution in [3.05, 3.63) is 10.4 Å². The molecule has 94 valence electrons. The van der Waals surface area contributed by atoms with Crippen molar-refractivity contribution in [3.8, 4) is 0 Å². The summed E-state index contributed by atoms with van der Waals surface area (Å²) in [7, 11) is -0.435. The third-order valence-corrected chi connectivity index (χ3v) is 1.53. The van der Waals surface area contributed by atoms with Crippen molar-refractivity contribution in [2.45, 2.75) is 12.2 Å². The maximum absolute atomic E-state index is 11.9. The van der Waals surface area contributed by atoms with Crippen LogP contribution in [0, 0.1) is 0 Å². The molecule has 0 rings (SSSR count). The van der Waals surface area contributed by atoms with Crippen molar-refractivity contribution in [1.29, 1.82) is 0 Å². The number of azide groups is 1. The van der Waals surface area contributed by atoms with Crippen molar-refractivity contribution < 1.29 is 33.1 Å². The largest absolute Gasteiger partial charge is 0.482 e. The summed E-state index contributed by atoms with van der Waals surface area (Å²) < 4.78 is 24.5. The molecule has 2 atom stereocenters. The third kappa shape index (κ3) is 5.16. The Morgan fingerprint density at radius 2 is 2.24 bits per heavy atom. The minimum atomic E-state index is -2.08. The van der Waals surface area contributed by atoms with Crippen molar-refractivity contribution in [3.63, 3.8) is 0 Å². The van der Waals surface area contributed by atoms with Gasteiger partial charge in [0.15, 0.2) is 18.9 Å². The average molecular weight is 249 g/mol. The zero-order valence-corrected chi connectivity index (χ0v) is 8.78. The summed E-state index contributed by atoms with van der Waals surface area (Å²) in [5, 5.41) is 12.2. The molecule has 0 aromatic carbocycles. The van der Waals surface area contributed by atoms with E-state index in [4.69, 9.17) is 5.53 Å². The Labute approximate surface area is 95.4 Å². The first kappa shape index (κ1) is 15.2. The number of methoxy groups -OCH3 is 1. The first-order chi connectivity index (χ1) is 8.08. The number of carbonyl (C=O) groups is 2. The number of nitrogens with zero attached hydrogens (tertiary/aromatic N) is 3. The molecular weight excluding hydrogens is 240 g/mol. The van der Waals surface area contributed by atoms with Gasteiger partial charge in [0.25, 0.3) is 0 Å². The Hall–Kier alpha value is -1.84. The van der Waals surface area contributed by atoms with Gasteiger partial charge in [0, 0.05) is 4.91 Å². The summed E-state index contributed by atoms with van der Waals surface area (Å²) in [6.45, 7) is -0.671. The molecule has 0 bridgehead atoms. The molecule has 9 nitrogen and oxygen atoms in total. The number of carbonyl (C=O) groups excluding carboxylic acids is 2. The number of aliphatic hydroxyl groups is 1. The lowest BCUT2D eigenvalue weighted by Crippen LogP contribution is -2.43. The summed E-state index contributed by atoms with van der Waals surface area (Å²) in [5.41, 5.74) is 7.89. The summed E-state index contributed by atoms with van der Waals surface area (Å²) in [6, 6.07) is 0. The minimum Gasteiger partial charge on any atom is -0.467 e. The quantitative estimate of drug-likeness (QED) is 0.201. The minimum absolute atomic E-state index is 0.671. The van der Waals surface area contributed by atoms with Crippen LogP contribution in [0.15, 0.2) is 5.11 Å². The van der Waals surface area contributed by atoms with Gasteiger partial charge in [-0.25, -0.2) is 9.59 Å². The second kappa shape index (κ2) is 8.33. The number of ether oxygens (including phenoxy) is 2. The van der Waals surface area contributed by atoms with Crippen LogP contribution < -0.4 is 0 Å². The standard InChI is InChI=1S/C6H9BFN3O6/c1-15-6(14)4(17-7-8)3(12)5(13)16-2-10-11-9/h3-4,7,12H,2H2,1H3. The molecule has 17 heavy (non-hydrogen) atoms. The number of halogens is 1. The van der Waals surface area contributed by atoms with Crippen LogP contribution in [0.3, 0.4) is 0 Å². The molecule has 0 spiro atoms. The van der Waals surface area contributed by atoms with E-state index in [-0.39, 0.29) is 0 Å². The van der Waals surface area contributed by atoms with Crippen LogP contribution in [0.5, 0.6) is 0 Å². The van der Waals surface area contributed by atoms with Gasteiger partial charge >= 0.3 is 19.7 Å². The first-order valence-corrected chi connectivity index (χ1v) is 4.19. The highest BCUT2D eigenvalue weighted by Crippen LogP contribution is 2.04. The predicted octanol–water partition coefficient (Wildman–Crippen LogP) is -1.05. The van der Waals surface area contributed by atoms with Gasteiger partial charge in [-0.05, 0) is 5.53 Å². The summed E-state index contributed by atoms with van der Waals surface area (Å²) in [4.78, 5) is 24.4. The van der Waals surface area contributed by atoms with Gasteiger partial charge in [-0.3, -0.25) is 4.32 Å². The molecule has 0 aromatic heterocycles. The van der Waals surface area contributed by atoms with Crippen LogP contribution >= 0.6 is 0 Å². The molecule has 0 saturated carbocycles. The zero-order valence-electron chi connectivity index (χ0n) is 8.78. The Morgan fingerprint density at radius 1 is 1.59 bits per heavy atom. The number of rotatable bonds is 7. The number of esters is 2. The van der Waals surface area contributed by atoms with Crippen LogP contribution in [0.1, 0.15) is 0 Å². The second-order valence-corrected chi connectivity index (χ2v) is 2.49. The lowest BCUT2D eigenvalue weighted by Gasteiger charge is -2.18. The van der Waals surface area contributed by atoms with Gasteiger partial charge in [-0.2, -0.15) is 0 Å². The molecule has 0 aliphatic rings. The van der Waals surface area contributed by atoms with Gasteiger partial charge in [-0.1, -0.05) is 5.11 Å². The number of hydrogen-bond donors (Lipinski definition) is 1. The molecule has 11 heteroatoms. The van der Waals surface area contributed by atoms with E-state index in [0.29, 0.717) is 0 Å². The van der Waals surface area contributed by atoms with E-state index in [9.17, 15) is 19.0 Å². The van der Waals surface area contributed by atoms with Gasteiger partial charge in [0.2, 0.25) is 0 Å². The highest BCUT2D eigenvalue weighted by atomic mass is 19.1. The number of aliphatic hydroxyl groups excluding tert-OH is 1. The normalized spacial score (nSPS) is 12.9. The van der Waals surface area contributed by atoms with E-state index in [0.717, 1.165) is 7.11 Å². The molecule has 0 radical (unpaired) electrons. The summed E-state index contributed by atoms with van der Waals surface area (Å²) in [6.07, 6.45) is -3.92. The lowest BCUT2D eigenvalue weighted by molar-refractivity contribution is -0.169. The molecule has 0 saturated heterocycles. The fourth-order valence-corrected chi connectivity index (χ4v) is 0.799. The first-order valence-electron chi connectivity index (χ1n) is 4.19. The molecule has 0 aliphatic carbocycles. The van der Waals surface area contributed by atoms with Crippen LogP contribution in [0.4, 0.5) is 4.32 Å². The van der Waals surface area contributed by atoms with Crippen molar-refractivity contribution in [1.82, 2.24) is 0 Å². The van der Waals surface area contributed by atoms with Crippen LogP contribution in [0.25, 0.3) is 10.4 Å². The second-order valence-electron chi connectivity index (χ2n) is 2.49. The van der Waals surface area contributed by atoms with Gasteiger partial charge < -0.3 is 19.2 Å². The van der Waals surface area contributed by atoms with Crippen LogP contribution in [0.2, 0.25) is 0 Å².